The molecule has 0 aliphatic carbocycles. The molecule has 3 rings (SSSR count). The first-order valence-corrected chi connectivity index (χ1v) is 9.66. The van der Waals surface area contributed by atoms with E-state index in [4.69, 9.17) is 0 Å². The molecule has 1 aromatic rings. The second-order valence-corrected chi connectivity index (χ2v) is 7.54. The number of carbonyl (C=O) groups is 3. The van der Waals surface area contributed by atoms with Crippen molar-refractivity contribution in [2.75, 3.05) is 39.3 Å². The van der Waals surface area contributed by atoms with Gasteiger partial charge < -0.3 is 14.7 Å². The highest BCUT2D eigenvalue weighted by molar-refractivity contribution is 7.13. The molecule has 0 saturated carbocycles. The molecule has 0 bridgehead atoms. The van der Waals surface area contributed by atoms with Gasteiger partial charge in [0.25, 0.3) is 5.91 Å². The summed E-state index contributed by atoms with van der Waals surface area (Å²) in [6.07, 6.45) is 2.75. The lowest BCUT2D eigenvalue weighted by atomic mass is 10.2. The summed E-state index contributed by atoms with van der Waals surface area (Å²) in [5.41, 5.74) is 0.773. The Kier molecular flexibility index (Phi) is 5.36. The van der Waals surface area contributed by atoms with Crippen molar-refractivity contribution in [2.45, 2.75) is 33.1 Å². The van der Waals surface area contributed by atoms with Crippen LogP contribution in [0.2, 0.25) is 0 Å². The number of nitrogens with zero attached hydrogens (tertiary/aromatic N) is 4. The van der Waals surface area contributed by atoms with Crippen molar-refractivity contribution in [1.29, 1.82) is 0 Å². The first kappa shape index (κ1) is 17.8. The third-order valence-electron chi connectivity index (χ3n) is 4.77. The SMILES string of the molecule is CCc1nc(C)c(C(=O)N2CCN(C(=O)C(=O)N3CCCC3)CC2)s1. The van der Waals surface area contributed by atoms with Crippen LogP contribution in [0, 0.1) is 6.92 Å². The van der Waals surface area contributed by atoms with Gasteiger partial charge in [0, 0.05) is 39.3 Å². The summed E-state index contributed by atoms with van der Waals surface area (Å²) in [5, 5.41) is 0.964. The summed E-state index contributed by atoms with van der Waals surface area (Å²) in [4.78, 5) is 47.3. The van der Waals surface area contributed by atoms with Crippen LogP contribution >= 0.6 is 11.3 Å². The van der Waals surface area contributed by atoms with E-state index in [9.17, 15) is 14.4 Å². The number of hydrogen-bond acceptors (Lipinski definition) is 5. The van der Waals surface area contributed by atoms with Gasteiger partial charge >= 0.3 is 11.8 Å². The smallest absolute Gasteiger partial charge is 0.312 e. The predicted molar refractivity (Wildman–Crippen MR) is 94.5 cm³/mol. The van der Waals surface area contributed by atoms with Crippen LogP contribution in [-0.2, 0) is 16.0 Å². The lowest BCUT2D eigenvalue weighted by molar-refractivity contribution is -0.152. The molecule has 2 fully saturated rings. The summed E-state index contributed by atoms with van der Waals surface area (Å²) in [5.74, 6) is -0.855. The van der Waals surface area contributed by atoms with Crippen molar-refractivity contribution in [3.63, 3.8) is 0 Å². The number of aryl methyl sites for hydroxylation is 2. The molecule has 25 heavy (non-hydrogen) atoms. The third kappa shape index (κ3) is 3.68. The Morgan fingerprint density at radius 1 is 0.920 bits per heavy atom. The fraction of sp³-hybridized carbons (Fsp3) is 0.647. The van der Waals surface area contributed by atoms with E-state index in [-0.39, 0.29) is 5.91 Å². The zero-order valence-electron chi connectivity index (χ0n) is 14.8. The average molecular weight is 364 g/mol. The van der Waals surface area contributed by atoms with Gasteiger partial charge in [-0.15, -0.1) is 11.3 Å². The molecule has 0 spiro atoms. The quantitative estimate of drug-likeness (QED) is 0.732. The minimum Gasteiger partial charge on any atom is -0.334 e. The van der Waals surface area contributed by atoms with Gasteiger partial charge in [-0.25, -0.2) is 4.98 Å². The molecular formula is C17H24N4O3S. The summed E-state index contributed by atoms with van der Waals surface area (Å²) in [7, 11) is 0. The van der Waals surface area contributed by atoms with Gasteiger partial charge in [0.2, 0.25) is 0 Å². The molecule has 0 N–H and O–H groups in total. The van der Waals surface area contributed by atoms with Gasteiger partial charge in [-0.05, 0) is 26.2 Å². The Labute approximate surface area is 151 Å². The van der Waals surface area contributed by atoms with Gasteiger partial charge in [0.15, 0.2) is 0 Å². The fourth-order valence-corrected chi connectivity index (χ4v) is 4.22. The van der Waals surface area contributed by atoms with E-state index in [0.717, 1.165) is 30.0 Å². The van der Waals surface area contributed by atoms with E-state index in [1.54, 1.807) is 14.7 Å². The van der Waals surface area contributed by atoms with E-state index in [2.05, 4.69) is 4.98 Å². The molecule has 0 aromatic carbocycles. The third-order valence-corrected chi connectivity index (χ3v) is 6.06. The Hall–Kier alpha value is -1.96. The predicted octanol–water partition coefficient (Wildman–Crippen LogP) is 0.921. The summed E-state index contributed by atoms with van der Waals surface area (Å²) in [6, 6.07) is 0. The number of rotatable bonds is 2. The van der Waals surface area contributed by atoms with E-state index >= 15 is 0 Å². The van der Waals surface area contributed by atoms with Gasteiger partial charge in [-0.3, -0.25) is 14.4 Å². The molecular weight excluding hydrogens is 340 g/mol. The number of likely N-dealkylation sites (tertiary alicyclic amines) is 1. The van der Waals surface area contributed by atoms with Crippen LogP contribution in [0.3, 0.4) is 0 Å². The van der Waals surface area contributed by atoms with Crippen LogP contribution in [-0.4, -0.2) is 76.7 Å². The molecule has 1 aromatic heterocycles. The molecule has 3 heterocycles. The Balaban J connectivity index is 1.57. The van der Waals surface area contributed by atoms with Crippen LogP contribution < -0.4 is 0 Å². The number of carbonyl (C=O) groups excluding carboxylic acids is 3. The molecule has 2 saturated heterocycles. The molecule has 2 aliphatic rings. The van der Waals surface area contributed by atoms with Crippen molar-refractivity contribution < 1.29 is 14.4 Å². The number of hydrogen-bond donors (Lipinski definition) is 0. The molecule has 0 radical (unpaired) electrons. The van der Waals surface area contributed by atoms with E-state index in [1.807, 2.05) is 13.8 Å². The van der Waals surface area contributed by atoms with E-state index < -0.39 is 11.8 Å². The Morgan fingerprint density at radius 2 is 1.44 bits per heavy atom. The largest absolute Gasteiger partial charge is 0.334 e. The monoisotopic (exact) mass is 364 g/mol. The molecule has 3 amide bonds. The molecule has 0 unspecified atom stereocenters. The normalized spacial score (nSPS) is 17.9. The van der Waals surface area contributed by atoms with Crippen LogP contribution in [0.15, 0.2) is 0 Å². The number of aromatic nitrogens is 1. The van der Waals surface area contributed by atoms with Crippen molar-refractivity contribution in [3.05, 3.63) is 15.6 Å². The van der Waals surface area contributed by atoms with Crippen LogP contribution in [0.4, 0.5) is 0 Å². The van der Waals surface area contributed by atoms with Gasteiger partial charge in [0.05, 0.1) is 10.7 Å². The topological polar surface area (TPSA) is 73.8 Å². The highest BCUT2D eigenvalue weighted by Crippen LogP contribution is 2.21. The molecule has 8 heteroatoms. The van der Waals surface area contributed by atoms with Crippen molar-refractivity contribution >= 4 is 29.1 Å². The number of piperazine rings is 1. The standard InChI is InChI=1S/C17H24N4O3S/c1-3-13-18-12(2)14(25-13)15(22)20-8-10-21(11-9-20)17(24)16(23)19-6-4-5-7-19/h3-11H2,1-2H3. The maximum absolute atomic E-state index is 12.7. The zero-order chi connectivity index (χ0) is 18.0. The first-order valence-electron chi connectivity index (χ1n) is 8.85. The average Bonchev–Trinajstić information content (AvgIpc) is 3.29. The Bertz CT molecular complexity index is 673. The summed E-state index contributed by atoms with van der Waals surface area (Å²) in [6.45, 7) is 6.95. The highest BCUT2D eigenvalue weighted by Gasteiger charge is 2.32. The van der Waals surface area contributed by atoms with Crippen LogP contribution in [0.1, 0.15) is 40.1 Å². The number of thiazole rings is 1. The fourth-order valence-electron chi connectivity index (χ4n) is 3.25. The lowest BCUT2D eigenvalue weighted by Gasteiger charge is -2.34. The number of amides is 3. The molecule has 7 nitrogen and oxygen atoms in total. The maximum Gasteiger partial charge on any atom is 0.312 e. The summed E-state index contributed by atoms with van der Waals surface area (Å²) < 4.78 is 0. The second kappa shape index (κ2) is 7.51. The van der Waals surface area contributed by atoms with Crippen molar-refractivity contribution in [3.8, 4) is 0 Å². The Morgan fingerprint density at radius 3 is 1.96 bits per heavy atom. The molecule has 0 atom stereocenters. The van der Waals surface area contributed by atoms with Crippen LogP contribution in [0.25, 0.3) is 0 Å². The maximum atomic E-state index is 12.7. The summed E-state index contributed by atoms with van der Waals surface area (Å²) >= 11 is 1.45. The first-order chi connectivity index (χ1) is 12.0. The molecule has 2 aliphatic heterocycles. The van der Waals surface area contributed by atoms with E-state index in [0.29, 0.717) is 44.1 Å². The van der Waals surface area contributed by atoms with Crippen molar-refractivity contribution in [1.82, 2.24) is 19.7 Å². The second-order valence-electron chi connectivity index (χ2n) is 6.46. The van der Waals surface area contributed by atoms with Crippen LogP contribution in [0.5, 0.6) is 0 Å². The minimum atomic E-state index is -0.434. The van der Waals surface area contributed by atoms with Gasteiger partial charge in [0.1, 0.15) is 4.88 Å². The lowest BCUT2D eigenvalue weighted by Crippen LogP contribution is -2.54. The molecule has 136 valence electrons. The minimum absolute atomic E-state index is 0.0207. The zero-order valence-corrected chi connectivity index (χ0v) is 15.6. The highest BCUT2D eigenvalue weighted by atomic mass is 32.1. The van der Waals surface area contributed by atoms with Gasteiger partial charge in [-0.2, -0.15) is 0 Å². The van der Waals surface area contributed by atoms with Gasteiger partial charge in [-0.1, -0.05) is 6.92 Å². The van der Waals surface area contributed by atoms with E-state index in [1.165, 1.54) is 11.3 Å². The van der Waals surface area contributed by atoms with Crippen molar-refractivity contribution in [2.24, 2.45) is 0 Å².